The number of nitrogens with two attached hydrogens (primary N) is 1. The molecule has 1 aromatic heterocycles. The van der Waals surface area contributed by atoms with Crippen molar-refractivity contribution in [2.24, 2.45) is 5.73 Å². The molecule has 0 aliphatic heterocycles. The largest absolute Gasteiger partial charge is 0.328 e. The van der Waals surface area contributed by atoms with Crippen molar-refractivity contribution in [3.05, 3.63) is 21.4 Å². The molecule has 0 saturated heterocycles. The average molecular weight is 197 g/mol. The molecule has 1 heterocycles. The van der Waals surface area contributed by atoms with E-state index in [-0.39, 0.29) is 0 Å². The molecule has 1 rings (SSSR count). The van der Waals surface area contributed by atoms with E-state index in [0.29, 0.717) is 6.04 Å². The summed E-state index contributed by atoms with van der Waals surface area (Å²) in [4.78, 5) is 2.87. The lowest BCUT2D eigenvalue weighted by Crippen LogP contribution is -2.19. The van der Waals surface area contributed by atoms with Crippen molar-refractivity contribution in [2.75, 3.05) is 0 Å². The standard InChI is InChI=1S/C11H19NS/c1-4-11(12)6-5-10-7-8(2)13-9(10)3/h7,11H,4-6,12H2,1-3H3. The van der Waals surface area contributed by atoms with E-state index < -0.39 is 0 Å². The lowest BCUT2D eigenvalue weighted by molar-refractivity contribution is 0.596. The molecular weight excluding hydrogens is 178 g/mol. The van der Waals surface area contributed by atoms with Gasteiger partial charge in [-0.1, -0.05) is 6.92 Å². The second-order valence-electron chi connectivity index (χ2n) is 3.65. The van der Waals surface area contributed by atoms with Crippen LogP contribution in [0.4, 0.5) is 0 Å². The molecule has 1 atom stereocenters. The van der Waals surface area contributed by atoms with Gasteiger partial charge in [0.25, 0.3) is 0 Å². The summed E-state index contributed by atoms with van der Waals surface area (Å²) in [6, 6.07) is 2.67. The first-order chi connectivity index (χ1) is 6.13. The Hall–Kier alpha value is -0.340. The third-order valence-corrected chi connectivity index (χ3v) is 3.46. The van der Waals surface area contributed by atoms with Crippen LogP contribution >= 0.6 is 11.3 Å². The summed E-state index contributed by atoms with van der Waals surface area (Å²) in [5.41, 5.74) is 7.37. The van der Waals surface area contributed by atoms with Gasteiger partial charge < -0.3 is 5.73 Å². The molecule has 2 N–H and O–H groups in total. The third-order valence-electron chi connectivity index (χ3n) is 2.45. The first kappa shape index (κ1) is 10.7. The van der Waals surface area contributed by atoms with E-state index in [1.165, 1.54) is 15.3 Å². The number of aryl methyl sites for hydroxylation is 3. The summed E-state index contributed by atoms with van der Waals surface area (Å²) >= 11 is 1.89. The summed E-state index contributed by atoms with van der Waals surface area (Å²) in [5.74, 6) is 0. The molecule has 1 nitrogen and oxygen atoms in total. The molecule has 0 saturated carbocycles. The van der Waals surface area contributed by atoms with Gasteiger partial charge in [0.1, 0.15) is 0 Å². The van der Waals surface area contributed by atoms with Gasteiger partial charge in [0.05, 0.1) is 0 Å². The minimum Gasteiger partial charge on any atom is -0.328 e. The van der Waals surface area contributed by atoms with Crippen LogP contribution in [-0.2, 0) is 6.42 Å². The zero-order chi connectivity index (χ0) is 9.84. The molecule has 0 spiro atoms. The zero-order valence-corrected chi connectivity index (χ0v) is 9.58. The van der Waals surface area contributed by atoms with Crippen molar-refractivity contribution in [3.63, 3.8) is 0 Å². The highest BCUT2D eigenvalue weighted by atomic mass is 32.1. The maximum atomic E-state index is 5.88. The second kappa shape index (κ2) is 4.77. The Morgan fingerprint density at radius 2 is 2.15 bits per heavy atom. The molecule has 74 valence electrons. The molecule has 2 heteroatoms. The summed E-state index contributed by atoms with van der Waals surface area (Å²) < 4.78 is 0. The summed E-state index contributed by atoms with van der Waals surface area (Å²) in [6.45, 7) is 6.52. The lowest BCUT2D eigenvalue weighted by atomic mass is 10.0. The van der Waals surface area contributed by atoms with Crippen LogP contribution < -0.4 is 5.73 Å². The maximum Gasteiger partial charge on any atom is 0.00490 e. The molecule has 0 bridgehead atoms. The number of rotatable bonds is 4. The van der Waals surface area contributed by atoms with Gasteiger partial charge >= 0.3 is 0 Å². The molecule has 0 amide bonds. The van der Waals surface area contributed by atoms with Gasteiger partial charge in [-0.3, -0.25) is 0 Å². The van der Waals surface area contributed by atoms with Crippen molar-refractivity contribution < 1.29 is 0 Å². The molecule has 0 aliphatic rings. The summed E-state index contributed by atoms with van der Waals surface area (Å²) in [7, 11) is 0. The summed E-state index contributed by atoms with van der Waals surface area (Å²) in [5, 5.41) is 0. The Morgan fingerprint density at radius 1 is 1.46 bits per heavy atom. The van der Waals surface area contributed by atoms with Crippen LogP contribution in [0.2, 0.25) is 0 Å². The quantitative estimate of drug-likeness (QED) is 0.789. The smallest absolute Gasteiger partial charge is 0.00490 e. The number of hydrogen-bond acceptors (Lipinski definition) is 2. The van der Waals surface area contributed by atoms with Crippen molar-refractivity contribution in [2.45, 2.75) is 46.1 Å². The van der Waals surface area contributed by atoms with Gasteiger partial charge in [0.15, 0.2) is 0 Å². The van der Waals surface area contributed by atoms with E-state index in [2.05, 4.69) is 26.8 Å². The van der Waals surface area contributed by atoms with Gasteiger partial charge in [-0.2, -0.15) is 0 Å². The van der Waals surface area contributed by atoms with E-state index in [4.69, 9.17) is 5.73 Å². The SMILES string of the molecule is CCC(N)CCc1cc(C)sc1C. The second-order valence-corrected chi connectivity index (χ2v) is 5.11. The monoisotopic (exact) mass is 197 g/mol. The normalized spacial score (nSPS) is 13.2. The highest BCUT2D eigenvalue weighted by Gasteiger charge is 2.05. The Balaban J connectivity index is 2.49. The van der Waals surface area contributed by atoms with Crippen LogP contribution in [0.3, 0.4) is 0 Å². The van der Waals surface area contributed by atoms with E-state index in [9.17, 15) is 0 Å². The van der Waals surface area contributed by atoms with Crippen LogP contribution in [0.5, 0.6) is 0 Å². The molecular formula is C11H19NS. The van der Waals surface area contributed by atoms with Crippen molar-refractivity contribution in [3.8, 4) is 0 Å². The molecule has 0 fully saturated rings. The van der Waals surface area contributed by atoms with Crippen molar-refractivity contribution >= 4 is 11.3 Å². The van der Waals surface area contributed by atoms with Crippen LogP contribution in [0.25, 0.3) is 0 Å². The predicted molar refractivity (Wildman–Crippen MR) is 60.4 cm³/mol. The summed E-state index contributed by atoms with van der Waals surface area (Å²) in [6.07, 6.45) is 3.35. The fourth-order valence-electron chi connectivity index (χ4n) is 1.48. The van der Waals surface area contributed by atoms with Crippen LogP contribution in [0.1, 0.15) is 35.1 Å². The molecule has 1 unspecified atom stereocenters. The van der Waals surface area contributed by atoms with E-state index in [1.54, 1.807) is 0 Å². The first-order valence-electron chi connectivity index (χ1n) is 4.95. The van der Waals surface area contributed by atoms with Gasteiger partial charge in [-0.15, -0.1) is 11.3 Å². The minimum atomic E-state index is 0.375. The van der Waals surface area contributed by atoms with Crippen LogP contribution in [0.15, 0.2) is 6.07 Å². The van der Waals surface area contributed by atoms with Gasteiger partial charge in [-0.05, 0) is 44.7 Å². The Bertz CT molecular complexity index is 265. The van der Waals surface area contributed by atoms with E-state index in [0.717, 1.165) is 19.3 Å². The van der Waals surface area contributed by atoms with E-state index >= 15 is 0 Å². The Morgan fingerprint density at radius 3 is 2.62 bits per heavy atom. The van der Waals surface area contributed by atoms with Gasteiger partial charge in [0, 0.05) is 15.8 Å². The minimum absolute atomic E-state index is 0.375. The topological polar surface area (TPSA) is 26.0 Å². The fraction of sp³-hybridized carbons (Fsp3) is 0.636. The van der Waals surface area contributed by atoms with Crippen molar-refractivity contribution in [1.29, 1.82) is 0 Å². The molecule has 0 radical (unpaired) electrons. The number of hydrogen-bond donors (Lipinski definition) is 1. The Labute approximate surface area is 85.0 Å². The molecule has 1 aromatic rings. The molecule has 0 aliphatic carbocycles. The predicted octanol–water partition coefficient (Wildman–Crippen LogP) is 3.03. The number of thiophene rings is 1. The highest BCUT2D eigenvalue weighted by Crippen LogP contribution is 2.22. The fourth-order valence-corrected chi connectivity index (χ4v) is 2.45. The van der Waals surface area contributed by atoms with Crippen molar-refractivity contribution in [1.82, 2.24) is 0 Å². The maximum absolute atomic E-state index is 5.88. The van der Waals surface area contributed by atoms with Gasteiger partial charge in [0.2, 0.25) is 0 Å². The molecule has 0 aromatic carbocycles. The van der Waals surface area contributed by atoms with E-state index in [1.807, 2.05) is 11.3 Å². The average Bonchev–Trinajstić information content (AvgIpc) is 2.41. The van der Waals surface area contributed by atoms with Crippen LogP contribution in [0, 0.1) is 13.8 Å². The first-order valence-corrected chi connectivity index (χ1v) is 5.76. The van der Waals surface area contributed by atoms with Gasteiger partial charge in [-0.25, -0.2) is 0 Å². The lowest BCUT2D eigenvalue weighted by Gasteiger charge is -2.07. The Kier molecular flexibility index (Phi) is 3.94. The molecule has 13 heavy (non-hydrogen) atoms. The zero-order valence-electron chi connectivity index (χ0n) is 8.76. The van der Waals surface area contributed by atoms with Crippen LogP contribution in [-0.4, -0.2) is 6.04 Å². The third kappa shape index (κ3) is 3.12. The highest BCUT2D eigenvalue weighted by molar-refractivity contribution is 7.12.